The molecule has 0 spiro atoms. The van der Waals surface area contributed by atoms with Crippen molar-refractivity contribution in [2.45, 2.75) is 18.9 Å². The molecule has 4 heteroatoms. The van der Waals surface area contributed by atoms with Crippen LogP contribution >= 0.6 is 0 Å². The molecule has 1 aromatic rings. The number of benzene rings is 1. The summed E-state index contributed by atoms with van der Waals surface area (Å²) in [4.78, 5) is 0. The molecule has 1 aromatic carbocycles. The first kappa shape index (κ1) is 13.2. The highest BCUT2D eigenvalue weighted by Gasteiger charge is 2.22. The molecule has 1 atom stereocenters. The molecule has 4 nitrogen and oxygen atoms in total. The van der Waals surface area contributed by atoms with E-state index in [1.165, 1.54) is 0 Å². The van der Waals surface area contributed by atoms with Crippen LogP contribution in [-0.4, -0.2) is 38.1 Å². The average Bonchev–Trinajstić information content (AvgIpc) is 2.46. The van der Waals surface area contributed by atoms with E-state index in [0.717, 1.165) is 37.6 Å². The summed E-state index contributed by atoms with van der Waals surface area (Å²) in [5, 5.41) is 10.0. The topological polar surface area (TPSA) is 47.9 Å². The molecule has 1 unspecified atom stereocenters. The van der Waals surface area contributed by atoms with E-state index in [1.807, 2.05) is 24.3 Å². The maximum Gasteiger partial charge on any atom is 0.119 e. The third kappa shape index (κ3) is 3.62. The summed E-state index contributed by atoms with van der Waals surface area (Å²) in [7, 11) is 1.63. The van der Waals surface area contributed by atoms with Crippen molar-refractivity contribution in [1.82, 2.24) is 0 Å². The number of methoxy groups -OCH3 is 1. The second-order valence-corrected chi connectivity index (χ2v) is 4.50. The number of aliphatic hydroxyl groups is 1. The van der Waals surface area contributed by atoms with Gasteiger partial charge in [-0.1, -0.05) is 0 Å². The van der Waals surface area contributed by atoms with E-state index in [1.54, 1.807) is 7.11 Å². The van der Waals surface area contributed by atoms with Crippen LogP contribution in [0.15, 0.2) is 24.3 Å². The highest BCUT2D eigenvalue weighted by molar-refractivity contribution is 5.31. The molecule has 0 aliphatic carbocycles. The highest BCUT2D eigenvalue weighted by atomic mass is 16.5. The molecule has 2 rings (SSSR count). The van der Waals surface area contributed by atoms with Gasteiger partial charge >= 0.3 is 0 Å². The third-order valence-electron chi connectivity index (χ3n) is 3.29. The van der Waals surface area contributed by atoms with Crippen LogP contribution in [0.1, 0.15) is 12.8 Å². The number of hydrogen-bond donors (Lipinski definition) is 1. The highest BCUT2D eigenvalue weighted by Crippen LogP contribution is 2.21. The van der Waals surface area contributed by atoms with E-state index < -0.39 is 6.10 Å². The summed E-state index contributed by atoms with van der Waals surface area (Å²) in [5.74, 6) is 1.84. The van der Waals surface area contributed by atoms with E-state index in [4.69, 9.17) is 14.2 Å². The first-order valence-electron chi connectivity index (χ1n) is 6.32. The Labute approximate surface area is 107 Å². The molecule has 0 radical (unpaired) electrons. The zero-order valence-electron chi connectivity index (χ0n) is 10.7. The third-order valence-corrected chi connectivity index (χ3v) is 3.29. The van der Waals surface area contributed by atoms with Crippen molar-refractivity contribution in [1.29, 1.82) is 0 Å². The fourth-order valence-electron chi connectivity index (χ4n) is 2.09. The quantitative estimate of drug-likeness (QED) is 0.869. The lowest BCUT2D eigenvalue weighted by Crippen LogP contribution is -2.31. The van der Waals surface area contributed by atoms with Gasteiger partial charge < -0.3 is 19.3 Å². The Morgan fingerprint density at radius 1 is 1.22 bits per heavy atom. The van der Waals surface area contributed by atoms with Gasteiger partial charge in [0.05, 0.1) is 13.2 Å². The van der Waals surface area contributed by atoms with Crippen LogP contribution in [-0.2, 0) is 4.74 Å². The molecular weight excluding hydrogens is 232 g/mol. The average molecular weight is 252 g/mol. The Balaban J connectivity index is 1.78. The van der Waals surface area contributed by atoms with Gasteiger partial charge in [0.25, 0.3) is 0 Å². The van der Waals surface area contributed by atoms with Crippen LogP contribution in [0.25, 0.3) is 0 Å². The van der Waals surface area contributed by atoms with Gasteiger partial charge in [0, 0.05) is 13.2 Å². The molecule has 1 N–H and O–H groups in total. The summed E-state index contributed by atoms with van der Waals surface area (Å²) in [6.07, 6.45) is 1.40. The lowest BCUT2D eigenvalue weighted by molar-refractivity contribution is -0.0101. The second-order valence-electron chi connectivity index (χ2n) is 4.50. The van der Waals surface area contributed by atoms with Gasteiger partial charge in [-0.25, -0.2) is 0 Å². The minimum absolute atomic E-state index is 0.289. The van der Waals surface area contributed by atoms with Gasteiger partial charge in [-0.3, -0.25) is 0 Å². The molecule has 1 aliphatic heterocycles. The van der Waals surface area contributed by atoms with Crippen LogP contribution in [0.5, 0.6) is 11.5 Å². The minimum Gasteiger partial charge on any atom is -0.497 e. The molecule has 0 aromatic heterocycles. The first-order valence-corrected chi connectivity index (χ1v) is 6.32. The molecule has 0 amide bonds. The van der Waals surface area contributed by atoms with Crippen LogP contribution in [0.4, 0.5) is 0 Å². The minimum atomic E-state index is -0.420. The molecule has 0 bridgehead atoms. The fourth-order valence-corrected chi connectivity index (χ4v) is 2.09. The Bertz CT molecular complexity index is 343. The summed E-state index contributed by atoms with van der Waals surface area (Å²) < 4.78 is 15.9. The smallest absolute Gasteiger partial charge is 0.119 e. The van der Waals surface area contributed by atoms with Gasteiger partial charge in [-0.2, -0.15) is 0 Å². The normalized spacial score (nSPS) is 18.3. The van der Waals surface area contributed by atoms with Crippen molar-refractivity contribution in [3.05, 3.63) is 24.3 Å². The zero-order valence-corrected chi connectivity index (χ0v) is 10.7. The SMILES string of the molecule is COc1ccc(OCC(O)C2CCOCC2)cc1. The Hall–Kier alpha value is -1.26. The van der Waals surface area contributed by atoms with E-state index in [-0.39, 0.29) is 5.92 Å². The van der Waals surface area contributed by atoms with Crippen molar-refractivity contribution in [2.24, 2.45) is 5.92 Å². The van der Waals surface area contributed by atoms with Crippen molar-refractivity contribution in [2.75, 3.05) is 26.9 Å². The van der Waals surface area contributed by atoms with E-state index in [0.29, 0.717) is 6.61 Å². The molecular formula is C14H20O4. The second kappa shape index (κ2) is 6.61. The lowest BCUT2D eigenvalue weighted by atomic mass is 9.94. The fraction of sp³-hybridized carbons (Fsp3) is 0.571. The Morgan fingerprint density at radius 3 is 2.44 bits per heavy atom. The maximum absolute atomic E-state index is 10.0. The van der Waals surface area contributed by atoms with E-state index in [9.17, 15) is 5.11 Å². The Morgan fingerprint density at radius 2 is 1.83 bits per heavy atom. The molecule has 18 heavy (non-hydrogen) atoms. The zero-order chi connectivity index (χ0) is 12.8. The molecule has 1 aliphatic rings. The molecule has 1 heterocycles. The van der Waals surface area contributed by atoms with E-state index >= 15 is 0 Å². The van der Waals surface area contributed by atoms with Crippen LogP contribution in [0, 0.1) is 5.92 Å². The summed E-state index contributed by atoms with van der Waals surface area (Å²) in [6, 6.07) is 7.37. The van der Waals surface area contributed by atoms with Gasteiger partial charge in [-0.15, -0.1) is 0 Å². The monoisotopic (exact) mass is 252 g/mol. The molecule has 0 saturated carbocycles. The molecule has 100 valence electrons. The van der Waals surface area contributed by atoms with Crippen molar-refractivity contribution >= 4 is 0 Å². The predicted molar refractivity (Wildman–Crippen MR) is 68.0 cm³/mol. The molecule has 1 fully saturated rings. The van der Waals surface area contributed by atoms with Crippen molar-refractivity contribution in [3.63, 3.8) is 0 Å². The summed E-state index contributed by atoms with van der Waals surface area (Å²) in [6.45, 7) is 1.81. The number of ether oxygens (including phenoxy) is 3. The number of hydrogen-bond acceptors (Lipinski definition) is 4. The van der Waals surface area contributed by atoms with Crippen molar-refractivity contribution in [3.8, 4) is 11.5 Å². The van der Waals surface area contributed by atoms with Crippen molar-refractivity contribution < 1.29 is 19.3 Å². The lowest BCUT2D eigenvalue weighted by Gasteiger charge is -2.26. The summed E-state index contributed by atoms with van der Waals surface area (Å²) in [5.41, 5.74) is 0. The maximum atomic E-state index is 10.0. The molecule has 1 saturated heterocycles. The van der Waals surface area contributed by atoms with Gasteiger partial charge in [0.2, 0.25) is 0 Å². The van der Waals surface area contributed by atoms with Crippen LogP contribution in [0.3, 0.4) is 0 Å². The Kier molecular flexibility index (Phi) is 4.84. The van der Waals surface area contributed by atoms with Gasteiger partial charge in [0.1, 0.15) is 18.1 Å². The summed E-state index contributed by atoms with van der Waals surface area (Å²) >= 11 is 0. The first-order chi connectivity index (χ1) is 8.79. The number of rotatable bonds is 5. The van der Waals surface area contributed by atoms with Crippen LogP contribution in [0.2, 0.25) is 0 Å². The largest absolute Gasteiger partial charge is 0.497 e. The standard InChI is InChI=1S/C14H20O4/c1-16-12-2-4-13(5-3-12)18-10-14(15)11-6-8-17-9-7-11/h2-5,11,14-15H,6-10H2,1H3. The van der Waals surface area contributed by atoms with Gasteiger partial charge in [-0.05, 0) is 43.0 Å². The van der Waals surface area contributed by atoms with Gasteiger partial charge in [0.15, 0.2) is 0 Å². The predicted octanol–water partition coefficient (Wildman–Crippen LogP) is 1.86. The number of aliphatic hydroxyl groups excluding tert-OH is 1. The van der Waals surface area contributed by atoms with E-state index in [2.05, 4.69) is 0 Å². The van der Waals surface area contributed by atoms with Crippen LogP contribution < -0.4 is 9.47 Å².